The van der Waals surface area contributed by atoms with Crippen molar-refractivity contribution < 1.29 is 24.0 Å². The van der Waals surface area contributed by atoms with Gasteiger partial charge in [0.05, 0.1) is 7.11 Å². The molecule has 0 radical (unpaired) electrons. The van der Waals surface area contributed by atoms with Gasteiger partial charge in [-0.15, -0.1) is 0 Å². The summed E-state index contributed by atoms with van der Waals surface area (Å²) in [5.74, 6) is 1.22. The summed E-state index contributed by atoms with van der Waals surface area (Å²) in [4.78, 5) is 36.3. The van der Waals surface area contributed by atoms with Gasteiger partial charge in [-0.2, -0.15) is 0 Å². The fourth-order valence-electron chi connectivity index (χ4n) is 2.64. The highest BCUT2D eigenvalue weighted by molar-refractivity contribution is 6.01. The minimum atomic E-state index is -1.07. The highest BCUT2D eigenvalue weighted by Gasteiger charge is 2.35. The summed E-state index contributed by atoms with van der Waals surface area (Å²) >= 11 is 0. The Bertz CT molecular complexity index is 415. The number of hydroxylamine groups is 2. The fourth-order valence-corrected chi connectivity index (χ4v) is 2.64. The van der Waals surface area contributed by atoms with E-state index in [4.69, 9.17) is 0 Å². The Morgan fingerprint density at radius 2 is 1.62 bits per heavy atom. The molecule has 6 nitrogen and oxygen atoms in total. The van der Waals surface area contributed by atoms with E-state index in [2.05, 4.69) is 21.7 Å². The van der Waals surface area contributed by atoms with Gasteiger partial charge in [0.15, 0.2) is 0 Å². The summed E-state index contributed by atoms with van der Waals surface area (Å²) in [5, 5.41) is 0.422. The third kappa shape index (κ3) is 4.58. The Morgan fingerprint density at radius 3 is 2.10 bits per heavy atom. The van der Waals surface area contributed by atoms with Crippen LogP contribution in [0.2, 0.25) is 0 Å². The number of carbonyl (C=O) groups is 3. The number of carbonyl (C=O) groups excluding carboxylic acids is 3. The highest BCUT2D eigenvalue weighted by Crippen LogP contribution is 2.46. The number of rotatable bonds is 1. The molecule has 2 fully saturated rings. The van der Waals surface area contributed by atoms with E-state index in [0.717, 1.165) is 18.9 Å². The number of hydrogen-bond acceptors (Lipinski definition) is 5. The molecule has 0 aromatic carbocycles. The van der Waals surface area contributed by atoms with E-state index in [1.807, 2.05) is 0 Å². The maximum Gasteiger partial charge on any atom is 0.533 e. The summed E-state index contributed by atoms with van der Waals surface area (Å²) < 4.78 is 4.10. The third-order valence-corrected chi connectivity index (χ3v) is 3.98. The van der Waals surface area contributed by atoms with Crippen LogP contribution in [-0.4, -0.2) is 30.1 Å². The van der Waals surface area contributed by atoms with Crippen LogP contribution in [-0.2, 0) is 19.2 Å². The molecular weight excluding hydrogens is 274 g/mol. The monoisotopic (exact) mass is 295 g/mol. The molecular formula is C15H21NO5. The zero-order valence-electron chi connectivity index (χ0n) is 12.2. The molecule has 0 bridgehead atoms. The van der Waals surface area contributed by atoms with Gasteiger partial charge in [-0.3, -0.25) is 14.4 Å². The Balaban J connectivity index is 0.000000159. The summed E-state index contributed by atoms with van der Waals surface area (Å²) in [7, 11) is 1.09. The van der Waals surface area contributed by atoms with Gasteiger partial charge in [0, 0.05) is 12.8 Å². The van der Waals surface area contributed by atoms with Crippen LogP contribution in [0.25, 0.3) is 0 Å². The van der Waals surface area contributed by atoms with Crippen molar-refractivity contribution in [1.29, 1.82) is 0 Å². The molecule has 116 valence electrons. The Kier molecular flexibility index (Phi) is 5.36. The first-order chi connectivity index (χ1) is 10.1. The summed E-state index contributed by atoms with van der Waals surface area (Å²) in [6, 6.07) is 0. The molecule has 1 saturated carbocycles. The first-order valence-corrected chi connectivity index (χ1v) is 7.38. The highest BCUT2D eigenvalue weighted by atomic mass is 16.8. The number of imide groups is 1. The Labute approximate surface area is 124 Å². The number of allylic oxidation sites excluding steroid dienone is 2. The van der Waals surface area contributed by atoms with Crippen molar-refractivity contribution in [3.8, 4) is 0 Å². The molecule has 0 aromatic heterocycles. The van der Waals surface area contributed by atoms with Gasteiger partial charge in [-0.1, -0.05) is 17.2 Å². The molecule has 1 heterocycles. The maximum absolute atomic E-state index is 10.8. The van der Waals surface area contributed by atoms with Crippen LogP contribution < -0.4 is 0 Å². The van der Waals surface area contributed by atoms with Gasteiger partial charge in [0.25, 0.3) is 11.8 Å². The van der Waals surface area contributed by atoms with Crippen LogP contribution in [0.1, 0.15) is 44.9 Å². The molecule has 6 heteroatoms. The molecule has 0 spiro atoms. The molecule has 1 aliphatic heterocycles. The Hall–Kier alpha value is -1.85. The molecule has 2 atom stereocenters. The standard InChI is InChI=1S/C9H14.C6H7NO5/c1-2-4-6-9-7-8(9)5-3-1;1-11-6(10)12-7-4(8)2-3-5(7)9/h1-2,8-9H,3-7H2;2-3H2,1H3/b2-1-;/t8-,9?;/m0./s1. The molecule has 2 aliphatic carbocycles. The van der Waals surface area contributed by atoms with Crippen LogP contribution in [0.15, 0.2) is 12.2 Å². The van der Waals surface area contributed by atoms with Crippen molar-refractivity contribution in [2.75, 3.05) is 7.11 Å². The second-order valence-electron chi connectivity index (χ2n) is 5.51. The molecule has 3 rings (SSSR count). The minimum absolute atomic E-state index is 0.0792. The average molecular weight is 295 g/mol. The van der Waals surface area contributed by atoms with Gasteiger partial charge >= 0.3 is 6.16 Å². The zero-order chi connectivity index (χ0) is 15.2. The molecule has 21 heavy (non-hydrogen) atoms. The van der Waals surface area contributed by atoms with E-state index in [1.165, 1.54) is 25.7 Å². The predicted octanol–water partition coefficient (Wildman–Crippen LogP) is 2.59. The van der Waals surface area contributed by atoms with E-state index < -0.39 is 18.0 Å². The minimum Gasteiger partial charge on any atom is -0.436 e. The smallest absolute Gasteiger partial charge is 0.436 e. The van der Waals surface area contributed by atoms with Crippen molar-refractivity contribution in [1.82, 2.24) is 5.06 Å². The number of methoxy groups -OCH3 is 1. The van der Waals surface area contributed by atoms with Crippen LogP contribution in [0, 0.1) is 11.8 Å². The topological polar surface area (TPSA) is 72.9 Å². The van der Waals surface area contributed by atoms with Crippen LogP contribution in [0.5, 0.6) is 0 Å². The molecule has 1 saturated heterocycles. The number of hydrogen-bond donors (Lipinski definition) is 0. The van der Waals surface area contributed by atoms with Gasteiger partial charge in [-0.05, 0) is 43.9 Å². The summed E-state index contributed by atoms with van der Waals surface area (Å²) in [6.07, 6.45) is 11.0. The number of amides is 2. The number of nitrogens with zero attached hydrogens (tertiary/aromatic N) is 1. The maximum atomic E-state index is 10.8. The number of ether oxygens (including phenoxy) is 1. The van der Waals surface area contributed by atoms with Crippen molar-refractivity contribution in [3.63, 3.8) is 0 Å². The Morgan fingerprint density at radius 1 is 1.10 bits per heavy atom. The SMILES string of the molecule is C1=C\CC[C@H]2CC2CC/1.COC(=O)ON1C(=O)CCC1=O. The molecule has 3 aliphatic rings. The average Bonchev–Trinajstić information content (AvgIpc) is 3.11. The van der Waals surface area contributed by atoms with Gasteiger partial charge in [0.1, 0.15) is 0 Å². The largest absolute Gasteiger partial charge is 0.533 e. The van der Waals surface area contributed by atoms with Gasteiger partial charge < -0.3 is 4.74 Å². The lowest BCUT2D eigenvalue weighted by atomic mass is 10.1. The second kappa shape index (κ2) is 7.24. The molecule has 2 amide bonds. The summed E-state index contributed by atoms with van der Waals surface area (Å²) in [5.41, 5.74) is 0. The van der Waals surface area contributed by atoms with E-state index >= 15 is 0 Å². The van der Waals surface area contributed by atoms with E-state index in [0.29, 0.717) is 5.06 Å². The van der Waals surface area contributed by atoms with Crippen LogP contribution >= 0.6 is 0 Å². The predicted molar refractivity (Wildman–Crippen MR) is 73.8 cm³/mol. The van der Waals surface area contributed by atoms with Crippen molar-refractivity contribution in [3.05, 3.63) is 12.2 Å². The van der Waals surface area contributed by atoms with E-state index in [1.54, 1.807) is 6.42 Å². The van der Waals surface area contributed by atoms with Crippen LogP contribution in [0.3, 0.4) is 0 Å². The normalized spacial score (nSPS) is 28.5. The lowest BCUT2D eigenvalue weighted by molar-refractivity contribution is -0.176. The molecule has 0 aromatic rings. The van der Waals surface area contributed by atoms with Crippen molar-refractivity contribution in [2.24, 2.45) is 11.8 Å². The van der Waals surface area contributed by atoms with Crippen molar-refractivity contribution >= 4 is 18.0 Å². The van der Waals surface area contributed by atoms with E-state index in [9.17, 15) is 14.4 Å². The number of fused-ring (bicyclic) bond motifs is 1. The lowest BCUT2D eigenvalue weighted by Crippen LogP contribution is -2.31. The van der Waals surface area contributed by atoms with Gasteiger partial charge in [0.2, 0.25) is 0 Å². The van der Waals surface area contributed by atoms with Crippen molar-refractivity contribution in [2.45, 2.75) is 44.9 Å². The van der Waals surface area contributed by atoms with E-state index in [-0.39, 0.29) is 12.8 Å². The second-order valence-corrected chi connectivity index (χ2v) is 5.51. The fraction of sp³-hybridized carbons (Fsp3) is 0.667. The third-order valence-electron chi connectivity index (χ3n) is 3.98. The van der Waals surface area contributed by atoms with Gasteiger partial charge in [-0.25, -0.2) is 4.79 Å². The zero-order valence-corrected chi connectivity index (χ0v) is 12.2. The summed E-state index contributed by atoms with van der Waals surface area (Å²) in [6.45, 7) is 0. The first kappa shape index (κ1) is 15.5. The first-order valence-electron chi connectivity index (χ1n) is 7.38. The molecule has 0 N–H and O–H groups in total. The molecule has 1 unspecified atom stereocenters. The quantitative estimate of drug-likeness (QED) is 0.422. The van der Waals surface area contributed by atoms with Crippen LogP contribution in [0.4, 0.5) is 4.79 Å². The lowest BCUT2D eigenvalue weighted by Gasteiger charge is -2.10.